The monoisotopic (exact) mass is 545 g/mol. The van der Waals surface area contributed by atoms with Crippen molar-refractivity contribution < 1.29 is 31.2 Å². The molecule has 0 saturated carbocycles. The first kappa shape index (κ1) is 26.3. The predicted octanol–water partition coefficient (Wildman–Crippen LogP) is 4.92. The Morgan fingerprint density at radius 2 is 1.64 bits per heavy atom. The Labute approximate surface area is 218 Å². The molecular weight excluding hydrogens is 525 g/mol. The molecule has 4 heterocycles. The van der Waals surface area contributed by atoms with Gasteiger partial charge in [0, 0.05) is 25.2 Å². The van der Waals surface area contributed by atoms with Crippen molar-refractivity contribution in [1.29, 1.82) is 0 Å². The average Bonchev–Trinajstić information content (AvgIpc) is 3.37. The molecule has 9 nitrogen and oxygen atoms in total. The van der Waals surface area contributed by atoms with Gasteiger partial charge in [-0.1, -0.05) is 6.07 Å². The molecule has 0 bridgehead atoms. The van der Waals surface area contributed by atoms with E-state index >= 15 is 0 Å². The quantitative estimate of drug-likeness (QED) is 0.333. The number of carbonyl (C=O) groups is 1. The minimum absolute atomic E-state index is 0.00314. The molecule has 1 aromatic carbocycles. The zero-order valence-electron chi connectivity index (χ0n) is 20.6. The minimum atomic E-state index is -4.75. The van der Waals surface area contributed by atoms with Crippen molar-refractivity contribution in [2.45, 2.75) is 38.8 Å². The van der Waals surface area contributed by atoms with Crippen molar-refractivity contribution in [2.24, 2.45) is 0 Å². The smallest absolute Gasteiger partial charge is 0.414 e. The molecule has 0 atom stereocenters. The number of alkyl halides is 3. The van der Waals surface area contributed by atoms with Crippen LogP contribution in [0.4, 0.5) is 22.0 Å². The van der Waals surface area contributed by atoms with E-state index in [2.05, 4.69) is 30.1 Å². The molecule has 0 unspecified atom stereocenters. The van der Waals surface area contributed by atoms with Crippen LogP contribution < -0.4 is 0 Å². The highest BCUT2D eigenvalue weighted by molar-refractivity contribution is 5.94. The molecule has 0 spiro atoms. The van der Waals surface area contributed by atoms with Gasteiger partial charge in [-0.2, -0.15) is 13.2 Å². The van der Waals surface area contributed by atoms with Crippen LogP contribution in [0, 0.1) is 25.5 Å². The maximum Gasteiger partial charge on any atom is 0.451 e. The van der Waals surface area contributed by atoms with Crippen molar-refractivity contribution in [3.05, 3.63) is 70.7 Å². The lowest BCUT2D eigenvalue weighted by molar-refractivity contribution is -0.144. The summed E-state index contributed by atoms with van der Waals surface area (Å²) < 4.78 is 73.1. The Morgan fingerprint density at radius 3 is 2.31 bits per heavy atom. The lowest BCUT2D eigenvalue weighted by atomic mass is 9.89. The van der Waals surface area contributed by atoms with Crippen molar-refractivity contribution in [3.63, 3.8) is 0 Å². The van der Waals surface area contributed by atoms with Crippen molar-refractivity contribution in [2.75, 3.05) is 13.1 Å². The number of rotatable bonds is 4. The number of benzene rings is 1. The van der Waals surface area contributed by atoms with Crippen LogP contribution in [-0.4, -0.2) is 54.0 Å². The molecule has 0 aliphatic carbocycles. The largest absolute Gasteiger partial charge is 0.451 e. The number of carbonyl (C=O) groups excluding carboxylic acids is 1. The van der Waals surface area contributed by atoms with Crippen LogP contribution in [0.1, 0.15) is 52.2 Å². The first-order valence-electron chi connectivity index (χ1n) is 11.9. The van der Waals surface area contributed by atoms with Gasteiger partial charge in [-0.25, -0.2) is 28.7 Å². The number of halogens is 5. The van der Waals surface area contributed by atoms with E-state index in [9.17, 15) is 26.7 Å². The van der Waals surface area contributed by atoms with Gasteiger partial charge < -0.3 is 9.32 Å². The summed E-state index contributed by atoms with van der Waals surface area (Å²) in [7, 11) is 0. The number of nitrogens with zero attached hydrogens (tertiary/aromatic N) is 7. The second-order valence-electron chi connectivity index (χ2n) is 8.96. The molecule has 39 heavy (non-hydrogen) atoms. The summed E-state index contributed by atoms with van der Waals surface area (Å²) in [6.07, 6.45) is -2.95. The van der Waals surface area contributed by atoms with Gasteiger partial charge >= 0.3 is 6.18 Å². The summed E-state index contributed by atoms with van der Waals surface area (Å²) in [5, 5.41) is 7.88. The first-order chi connectivity index (χ1) is 18.5. The highest BCUT2D eigenvalue weighted by Gasteiger charge is 2.35. The Kier molecular flexibility index (Phi) is 6.78. The molecule has 0 radical (unpaired) electrons. The number of amides is 1. The molecule has 1 aliphatic heterocycles. The third-order valence-electron chi connectivity index (χ3n) is 6.34. The Hall–Kier alpha value is -4.36. The highest BCUT2D eigenvalue weighted by Crippen LogP contribution is 2.36. The van der Waals surface area contributed by atoms with E-state index in [1.807, 2.05) is 0 Å². The Bertz CT molecular complexity index is 1530. The fourth-order valence-electron chi connectivity index (χ4n) is 4.56. The van der Waals surface area contributed by atoms with Gasteiger partial charge in [0.1, 0.15) is 28.7 Å². The fourth-order valence-corrected chi connectivity index (χ4v) is 4.56. The lowest BCUT2D eigenvalue weighted by Crippen LogP contribution is -2.39. The van der Waals surface area contributed by atoms with Crippen LogP contribution in [0.5, 0.6) is 0 Å². The van der Waals surface area contributed by atoms with E-state index in [1.165, 1.54) is 17.0 Å². The second kappa shape index (κ2) is 10.1. The van der Waals surface area contributed by atoms with Crippen LogP contribution in [0.3, 0.4) is 0 Å². The minimum Gasteiger partial charge on any atom is -0.414 e. The zero-order valence-corrected chi connectivity index (χ0v) is 20.6. The maximum absolute atomic E-state index is 14.1. The van der Waals surface area contributed by atoms with E-state index in [0.717, 1.165) is 18.3 Å². The van der Waals surface area contributed by atoms with Gasteiger partial charge in [-0.15, -0.1) is 10.2 Å². The molecule has 0 N–H and O–H groups in total. The van der Waals surface area contributed by atoms with E-state index in [0.29, 0.717) is 35.6 Å². The van der Waals surface area contributed by atoms with Gasteiger partial charge in [-0.3, -0.25) is 4.79 Å². The molecule has 1 amide bonds. The molecule has 5 rings (SSSR count). The van der Waals surface area contributed by atoms with Crippen LogP contribution in [0.2, 0.25) is 0 Å². The molecule has 14 heteroatoms. The van der Waals surface area contributed by atoms with Gasteiger partial charge in [-0.05, 0) is 44.9 Å². The summed E-state index contributed by atoms with van der Waals surface area (Å²) in [4.78, 5) is 29.9. The van der Waals surface area contributed by atoms with Gasteiger partial charge in [0.2, 0.25) is 5.82 Å². The van der Waals surface area contributed by atoms with E-state index in [-0.39, 0.29) is 36.5 Å². The van der Waals surface area contributed by atoms with Crippen molar-refractivity contribution >= 4 is 5.91 Å². The topological polar surface area (TPSA) is 111 Å². The summed E-state index contributed by atoms with van der Waals surface area (Å²) in [6, 6.07) is 4.48. The number of hydrogen-bond donors (Lipinski definition) is 0. The molecule has 1 aliphatic rings. The number of aryl methyl sites for hydroxylation is 2. The summed E-state index contributed by atoms with van der Waals surface area (Å²) >= 11 is 0. The van der Waals surface area contributed by atoms with Crippen LogP contribution in [-0.2, 0) is 6.18 Å². The second-order valence-corrected chi connectivity index (χ2v) is 8.96. The summed E-state index contributed by atoms with van der Waals surface area (Å²) in [6.45, 7) is 3.85. The third kappa shape index (κ3) is 5.18. The van der Waals surface area contributed by atoms with E-state index < -0.39 is 35.1 Å². The number of piperidine rings is 1. The van der Waals surface area contributed by atoms with E-state index in [4.69, 9.17) is 4.42 Å². The molecule has 202 valence electrons. The number of aromatic nitrogens is 6. The molecular formula is C25H20F5N7O2. The zero-order chi connectivity index (χ0) is 27.9. The molecule has 3 aromatic heterocycles. The average molecular weight is 545 g/mol. The summed E-state index contributed by atoms with van der Waals surface area (Å²) in [5.41, 5.74) is 0.711. The van der Waals surface area contributed by atoms with Crippen molar-refractivity contribution in [1.82, 2.24) is 35.0 Å². The molecule has 1 fully saturated rings. The van der Waals surface area contributed by atoms with Crippen molar-refractivity contribution in [3.8, 4) is 23.0 Å². The first-order valence-corrected chi connectivity index (χ1v) is 11.9. The van der Waals surface area contributed by atoms with Gasteiger partial charge in [0.15, 0.2) is 0 Å². The van der Waals surface area contributed by atoms with Crippen LogP contribution >= 0.6 is 0 Å². The summed E-state index contributed by atoms with van der Waals surface area (Å²) in [5.74, 6) is -3.89. The van der Waals surface area contributed by atoms with Crippen LogP contribution in [0.15, 0.2) is 34.9 Å². The standard InChI is InChI=1S/C25H20F5N7O2/c1-12-18(22-36-35-21(39-22)17-6-9-31-24(34-17)25(28,29)30)20(33-13(2)32-12)14-7-10-37(11-8-14)23(38)19-15(26)4-3-5-16(19)27/h3-6,9,14H,7-8,10-11H2,1-2H3. The number of hydrogen-bond acceptors (Lipinski definition) is 8. The van der Waals surface area contributed by atoms with E-state index in [1.54, 1.807) is 13.8 Å². The third-order valence-corrected chi connectivity index (χ3v) is 6.34. The Balaban J connectivity index is 1.42. The maximum atomic E-state index is 14.1. The normalized spacial score (nSPS) is 14.6. The highest BCUT2D eigenvalue weighted by atomic mass is 19.4. The van der Waals surface area contributed by atoms with Gasteiger partial charge in [0.05, 0.1) is 17.0 Å². The van der Waals surface area contributed by atoms with Gasteiger partial charge in [0.25, 0.3) is 17.7 Å². The SMILES string of the molecule is Cc1nc(C)c(-c2nnc(-c3ccnc(C(F)(F)F)n3)o2)c(C2CCN(C(=O)c3c(F)cccc3F)CC2)n1. The lowest BCUT2D eigenvalue weighted by Gasteiger charge is -2.32. The number of likely N-dealkylation sites (tertiary alicyclic amines) is 1. The molecule has 4 aromatic rings. The predicted molar refractivity (Wildman–Crippen MR) is 125 cm³/mol. The Morgan fingerprint density at radius 1 is 0.974 bits per heavy atom. The van der Waals surface area contributed by atoms with Crippen LogP contribution in [0.25, 0.3) is 23.0 Å². The molecule has 1 saturated heterocycles. The fraction of sp³-hybridized carbons (Fsp3) is 0.320.